The Morgan fingerprint density at radius 2 is 1.69 bits per heavy atom. The third-order valence-corrected chi connectivity index (χ3v) is 12.8. The van der Waals surface area contributed by atoms with Crippen molar-refractivity contribution in [2.45, 2.75) is 58.3 Å². The Morgan fingerprint density at radius 3 is 2.41 bits per heavy atom. The molecule has 3 aromatic carbocycles. The highest BCUT2D eigenvalue weighted by Gasteiger charge is 2.53. The number of β-amino-alcohol motifs (C(OH)–C–C–N with tert-alkyl or cyclic N) is 1. The lowest BCUT2D eigenvalue weighted by atomic mass is 9.72. The van der Waals surface area contributed by atoms with Gasteiger partial charge < -0.3 is 30.2 Å². The molecule has 0 bridgehead atoms. The van der Waals surface area contributed by atoms with Gasteiger partial charge >= 0.3 is 0 Å². The van der Waals surface area contributed by atoms with Crippen molar-refractivity contribution in [1.29, 1.82) is 0 Å². The minimum absolute atomic E-state index is 0.0766. The van der Waals surface area contributed by atoms with Gasteiger partial charge in [0.2, 0.25) is 17.8 Å². The molecular weight excluding hydrogens is 753 g/mol. The molecule has 3 aromatic heterocycles. The highest BCUT2D eigenvalue weighted by Crippen LogP contribution is 2.44. The zero-order valence-corrected chi connectivity index (χ0v) is 33.7. The lowest BCUT2D eigenvalue weighted by Crippen LogP contribution is -2.72. The van der Waals surface area contributed by atoms with Crippen LogP contribution in [0.25, 0.3) is 32.6 Å². The Bertz CT molecular complexity index is 2490. The largest absolute Gasteiger partial charge is 0.507 e. The molecule has 58 heavy (non-hydrogen) atoms. The van der Waals surface area contributed by atoms with Crippen molar-refractivity contribution in [1.82, 2.24) is 40.2 Å². The zero-order valence-electron chi connectivity index (χ0n) is 32.9. The van der Waals surface area contributed by atoms with Crippen molar-refractivity contribution in [3.63, 3.8) is 0 Å². The average Bonchev–Trinajstić information content (AvgIpc) is 3.94. The van der Waals surface area contributed by atoms with Gasteiger partial charge in [-0.25, -0.2) is 14.6 Å². The van der Waals surface area contributed by atoms with Crippen LogP contribution in [0.2, 0.25) is 0 Å². The number of rotatable bonds is 10. The number of likely N-dealkylation sites (tertiary alicyclic amines) is 1. The van der Waals surface area contributed by atoms with E-state index in [4.69, 9.17) is 5.10 Å². The molecular formula is C43H46N10O4S. The van der Waals surface area contributed by atoms with Crippen LogP contribution in [-0.4, -0.2) is 102 Å². The molecule has 9 rings (SSSR count). The van der Waals surface area contributed by atoms with Crippen LogP contribution in [0, 0.1) is 18.3 Å². The molecule has 6 aromatic rings. The van der Waals surface area contributed by atoms with Gasteiger partial charge in [0.05, 0.1) is 39.4 Å². The van der Waals surface area contributed by atoms with Crippen LogP contribution < -0.4 is 15.1 Å². The van der Waals surface area contributed by atoms with E-state index < -0.39 is 18.2 Å². The van der Waals surface area contributed by atoms with Gasteiger partial charge in [0.25, 0.3) is 0 Å². The number of aliphatic hydroxyl groups excluding tert-OH is 1. The van der Waals surface area contributed by atoms with Crippen LogP contribution in [-0.2, 0) is 9.59 Å². The molecule has 298 valence electrons. The van der Waals surface area contributed by atoms with E-state index in [1.165, 1.54) is 4.90 Å². The molecule has 0 saturated carbocycles. The summed E-state index contributed by atoms with van der Waals surface area (Å²) in [5.74, 6) is 0.0500. The molecule has 3 N–H and O–H groups in total. The molecule has 3 aliphatic rings. The normalized spacial score (nSPS) is 19.7. The number of thiazole rings is 1. The van der Waals surface area contributed by atoms with E-state index in [2.05, 4.69) is 47.4 Å². The molecule has 1 unspecified atom stereocenters. The molecule has 3 saturated heterocycles. The van der Waals surface area contributed by atoms with Crippen LogP contribution in [0.1, 0.15) is 50.5 Å². The Morgan fingerprint density at radius 1 is 0.931 bits per heavy atom. The van der Waals surface area contributed by atoms with E-state index >= 15 is 0 Å². The summed E-state index contributed by atoms with van der Waals surface area (Å²) in [6.07, 6.45) is 0.972. The van der Waals surface area contributed by atoms with E-state index in [1.807, 2.05) is 81.7 Å². The molecule has 0 radical (unpaired) electrons. The number of anilines is 2. The van der Waals surface area contributed by atoms with Crippen LogP contribution in [0.5, 0.6) is 5.75 Å². The summed E-state index contributed by atoms with van der Waals surface area (Å²) in [5.41, 5.74) is 8.13. The number of nitrogens with one attached hydrogen (secondary N) is 1. The van der Waals surface area contributed by atoms with Gasteiger partial charge in [-0.2, -0.15) is 0 Å². The third kappa shape index (κ3) is 6.91. The molecule has 6 heterocycles. The van der Waals surface area contributed by atoms with Crippen LogP contribution in [0.15, 0.2) is 84.6 Å². The minimum atomic E-state index is -0.805. The first-order chi connectivity index (χ1) is 27.9. The van der Waals surface area contributed by atoms with Crippen LogP contribution in [0.4, 0.5) is 11.6 Å². The molecule has 1 spiro atoms. The fraction of sp³-hybridized carbons (Fsp3) is 0.372. The second kappa shape index (κ2) is 14.8. The van der Waals surface area contributed by atoms with Crippen molar-refractivity contribution in [2.75, 3.05) is 42.5 Å². The number of nitrogens with zero attached hydrogens (tertiary/aromatic N) is 9. The van der Waals surface area contributed by atoms with Crippen molar-refractivity contribution < 1.29 is 19.8 Å². The number of aromatic hydroxyl groups is 1. The van der Waals surface area contributed by atoms with Gasteiger partial charge in [-0.1, -0.05) is 56.3 Å². The molecule has 15 heteroatoms. The smallest absolute Gasteiger partial charge is 0.248 e. The van der Waals surface area contributed by atoms with E-state index in [9.17, 15) is 19.8 Å². The number of amides is 2. The van der Waals surface area contributed by atoms with E-state index in [1.54, 1.807) is 34.5 Å². The number of fused-ring (bicyclic) bond motifs is 1. The Labute approximate surface area is 340 Å². The summed E-state index contributed by atoms with van der Waals surface area (Å²) < 4.78 is 1.62. The van der Waals surface area contributed by atoms with Crippen LogP contribution >= 0.6 is 11.3 Å². The van der Waals surface area contributed by atoms with Crippen LogP contribution in [0.3, 0.4) is 0 Å². The molecule has 14 nitrogen and oxygen atoms in total. The number of hydrogen-bond acceptors (Lipinski definition) is 12. The number of phenolic OH excluding ortho intramolecular Hbond substituents is 1. The Balaban J connectivity index is 0.816. The number of hydrogen-bond donors (Lipinski definition) is 3. The van der Waals surface area contributed by atoms with Crippen molar-refractivity contribution in [2.24, 2.45) is 11.3 Å². The van der Waals surface area contributed by atoms with Crippen molar-refractivity contribution >= 4 is 45.7 Å². The highest BCUT2D eigenvalue weighted by atomic mass is 32.1. The Kier molecular flexibility index (Phi) is 9.59. The van der Waals surface area contributed by atoms with Gasteiger partial charge in [0.15, 0.2) is 0 Å². The van der Waals surface area contributed by atoms with E-state index in [0.717, 1.165) is 64.5 Å². The summed E-state index contributed by atoms with van der Waals surface area (Å²) >= 11 is 1.60. The third-order valence-electron chi connectivity index (χ3n) is 11.8. The molecule has 3 fully saturated rings. The molecule has 3 aliphatic heterocycles. The number of carbonyl (C=O) groups excluding carboxylic acids is 2. The van der Waals surface area contributed by atoms with E-state index in [0.29, 0.717) is 17.2 Å². The maximum atomic E-state index is 14.3. The molecule has 2 amide bonds. The van der Waals surface area contributed by atoms with Gasteiger partial charge in [0, 0.05) is 61.2 Å². The maximum absolute atomic E-state index is 14.3. The summed E-state index contributed by atoms with van der Waals surface area (Å²) in [4.78, 5) is 44.1. The summed E-state index contributed by atoms with van der Waals surface area (Å²) in [5, 5.41) is 38.7. The molecule has 0 aliphatic carbocycles. The van der Waals surface area contributed by atoms with Crippen molar-refractivity contribution in [3.05, 3.63) is 95.9 Å². The van der Waals surface area contributed by atoms with Gasteiger partial charge in [-0.05, 0) is 61.2 Å². The monoisotopic (exact) mass is 798 g/mol. The lowest BCUT2D eigenvalue weighted by Gasteiger charge is -2.60. The number of aryl methyl sites for hydroxylation is 1. The summed E-state index contributed by atoms with van der Waals surface area (Å²) in [6.45, 7) is 11.3. The number of phenols is 1. The number of aliphatic hydroxyl groups is 1. The SMILES string of the molecule is Cc1ncsc1-c1ccc([C@H](C)NC(=O)[C@@H]2C[C@@H](O)CN2C(=O)C(C(C)C)n2cnc(N3CC4(CN(c5ccc6cc(-c7ccccc7O)nnc6c5)C4)C3)n2)cc1. The van der Waals surface area contributed by atoms with Gasteiger partial charge in [-0.3, -0.25) is 9.59 Å². The Hall–Kier alpha value is -5.93. The second-order valence-corrected chi connectivity index (χ2v) is 17.3. The first kappa shape index (κ1) is 37.6. The highest BCUT2D eigenvalue weighted by molar-refractivity contribution is 7.13. The zero-order chi connectivity index (χ0) is 40.3. The number of para-hydroxylation sites is 1. The topological polar surface area (TPSA) is 166 Å². The summed E-state index contributed by atoms with van der Waals surface area (Å²) in [6, 6.07) is 21.6. The van der Waals surface area contributed by atoms with E-state index in [-0.39, 0.29) is 47.9 Å². The lowest BCUT2D eigenvalue weighted by molar-refractivity contribution is -0.142. The number of carbonyl (C=O) groups is 2. The number of benzene rings is 3. The van der Waals surface area contributed by atoms with Gasteiger partial charge in [0.1, 0.15) is 24.2 Å². The van der Waals surface area contributed by atoms with Gasteiger partial charge in [-0.15, -0.1) is 26.6 Å². The fourth-order valence-electron chi connectivity index (χ4n) is 8.71. The van der Waals surface area contributed by atoms with Crippen molar-refractivity contribution in [3.8, 4) is 27.4 Å². The standard InChI is InChI=1S/C43H46N10O4S/c1-25(2)38(41(57)52-18-32(54)17-36(52)40(56)46-26(3)28-9-11-29(12-10-28)39-27(4)45-24-58-39)53-23-44-42(49-53)51-21-43(22-51)19-50(20-43)31-14-13-30-15-35(48-47-34(30)16-31)33-7-5-6-8-37(33)55/h5-16,23-26,32,36,38,54-55H,17-22H2,1-4H3,(H,46,56)/t26-,32+,36-,38?/m0/s1. The predicted molar refractivity (Wildman–Crippen MR) is 222 cm³/mol. The summed E-state index contributed by atoms with van der Waals surface area (Å²) in [7, 11) is 0. The quantitative estimate of drug-likeness (QED) is 0.163. The number of aromatic nitrogens is 6. The first-order valence-corrected chi connectivity index (χ1v) is 20.6. The fourth-order valence-corrected chi connectivity index (χ4v) is 9.52. The maximum Gasteiger partial charge on any atom is 0.248 e. The average molecular weight is 799 g/mol. The minimum Gasteiger partial charge on any atom is -0.507 e. The first-order valence-electron chi connectivity index (χ1n) is 19.7. The second-order valence-electron chi connectivity index (χ2n) is 16.4. The molecule has 4 atom stereocenters. The predicted octanol–water partition coefficient (Wildman–Crippen LogP) is 5.39.